The maximum Gasteiger partial charge on any atom is 0.0517 e. The molecule has 1 aliphatic carbocycles. The highest BCUT2D eigenvalue weighted by molar-refractivity contribution is 4.83. The summed E-state index contributed by atoms with van der Waals surface area (Å²) in [6.07, 6.45) is 6.10. The van der Waals surface area contributed by atoms with Crippen LogP contribution in [-0.2, 0) is 0 Å². The van der Waals surface area contributed by atoms with Crippen molar-refractivity contribution in [3.8, 4) is 0 Å². The first kappa shape index (κ1) is 14.0. The molecule has 16 heavy (non-hydrogen) atoms. The Hall–Kier alpha value is -0.0800. The van der Waals surface area contributed by atoms with E-state index in [2.05, 4.69) is 26.1 Å². The van der Waals surface area contributed by atoms with Crippen LogP contribution >= 0.6 is 0 Å². The van der Waals surface area contributed by atoms with E-state index in [1.807, 2.05) is 6.92 Å². The van der Waals surface area contributed by atoms with Gasteiger partial charge in [0.15, 0.2) is 0 Å². The zero-order valence-electron chi connectivity index (χ0n) is 11.4. The van der Waals surface area contributed by atoms with Crippen molar-refractivity contribution >= 4 is 0 Å². The van der Waals surface area contributed by atoms with Gasteiger partial charge in [0.05, 0.1) is 6.10 Å². The normalized spacial score (nSPS) is 28.3. The monoisotopic (exact) mass is 227 g/mol. The molecule has 0 aromatic heterocycles. The molecule has 3 atom stereocenters. The van der Waals surface area contributed by atoms with Crippen LogP contribution in [0, 0.1) is 11.3 Å². The molecule has 0 aliphatic heterocycles. The summed E-state index contributed by atoms with van der Waals surface area (Å²) in [4.78, 5) is 0. The molecule has 2 nitrogen and oxygen atoms in total. The fraction of sp³-hybridized carbons (Fsp3) is 1.00. The van der Waals surface area contributed by atoms with Crippen molar-refractivity contribution in [2.24, 2.45) is 11.3 Å². The Morgan fingerprint density at radius 2 is 2.06 bits per heavy atom. The first-order valence-electron chi connectivity index (χ1n) is 6.84. The minimum Gasteiger partial charge on any atom is -0.393 e. The Morgan fingerprint density at radius 3 is 2.56 bits per heavy atom. The number of rotatable bonds is 6. The highest BCUT2D eigenvalue weighted by Gasteiger charge is 2.26. The lowest BCUT2D eigenvalue weighted by molar-refractivity contribution is 0.126. The Bertz CT molecular complexity index is 201. The molecule has 0 spiro atoms. The van der Waals surface area contributed by atoms with E-state index in [1.54, 1.807) is 0 Å². The van der Waals surface area contributed by atoms with E-state index >= 15 is 0 Å². The average Bonchev–Trinajstić information content (AvgIpc) is 2.60. The molecule has 0 amide bonds. The molecule has 0 bridgehead atoms. The number of nitrogens with one attached hydrogen (secondary N) is 1. The lowest BCUT2D eigenvalue weighted by Gasteiger charge is -2.28. The van der Waals surface area contributed by atoms with Crippen LogP contribution in [-0.4, -0.2) is 23.8 Å². The zero-order valence-corrected chi connectivity index (χ0v) is 11.4. The highest BCUT2D eigenvalue weighted by atomic mass is 16.3. The van der Waals surface area contributed by atoms with E-state index in [9.17, 15) is 5.11 Å². The van der Waals surface area contributed by atoms with Crippen molar-refractivity contribution in [2.75, 3.05) is 6.54 Å². The van der Waals surface area contributed by atoms with E-state index in [0.29, 0.717) is 0 Å². The molecule has 96 valence electrons. The summed E-state index contributed by atoms with van der Waals surface area (Å²) in [5.74, 6) is 0.942. The predicted octanol–water partition coefficient (Wildman–Crippen LogP) is 2.95. The molecule has 0 aromatic rings. The fourth-order valence-corrected chi connectivity index (χ4v) is 2.92. The molecule has 2 heteroatoms. The van der Waals surface area contributed by atoms with E-state index < -0.39 is 0 Å². The van der Waals surface area contributed by atoms with Crippen LogP contribution in [0.1, 0.15) is 59.8 Å². The molecule has 1 aliphatic rings. The van der Waals surface area contributed by atoms with Crippen molar-refractivity contribution in [3.05, 3.63) is 0 Å². The second-order valence-electron chi connectivity index (χ2n) is 6.38. The van der Waals surface area contributed by atoms with Gasteiger partial charge in [0.25, 0.3) is 0 Å². The van der Waals surface area contributed by atoms with Crippen LogP contribution in [0.15, 0.2) is 0 Å². The molecule has 0 heterocycles. The largest absolute Gasteiger partial charge is 0.393 e. The maximum atomic E-state index is 9.43. The van der Waals surface area contributed by atoms with Gasteiger partial charge >= 0.3 is 0 Å². The van der Waals surface area contributed by atoms with Crippen molar-refractivity contribution in [1.82, 2.24) is 5.32 Å². The standard InChI is InChI=1S/C14H29NO/c1-5-12-6-7-13(8-12)15-10-14(3,4)9-11(2)16/h11-13,15-16H,5-10H2,1-4H3. The first-order valence-corrected chi connectivity index (χ1v) is 6.84. The molecule has 0 saturated heterocycles. The Labute approximate surface area is 101 Å². The third-order valence-electron chi connectivity index (χ3n) is 3.84. The molecule has 0 aromatic carbocycles. The van der Waals surface area contributed by atoms with Gasteiger partial charge in [0.2, 0.25) is 0 Å². The molecule has 3 unspecified atom stereocenters. The quantitative estimate of drug-likeness (QED) is 0.731. The lowest BCUT2D eigenvalue weighted by atomic mass is 9.86. The number of hydrogen-bond donors (Lipinski definition) is 2. The Balaban J connectivity index is 2.24. The van der Waals surface area contributed by atoms with Crippen molar-refractivity contribution in [3.63, 3.8) is 0 Å². The summed E-state index contributed by atoms with van der Waals surface area (Å²) in [5, 5.41) is 13.1. The van der Waals surface area contributed by atoms with Crippen LogP contribution in [0.4, 0.5) is 0 Å². The molecule has 0 radical (unpaired) electrons. The lowest BCUT2D eigenvalue weighted by Crippen LogP contribution is -2.37. The second-order valence-corrected chi connectivity index (χ2v) is 6.38. The zero-order chi connectivity index (χ0) is 12.2. The topological polar surface area (TPSA) is 32.3 Å². The summed E-state index contributed by atoms with van der Waals surface area (Å²) in [7, 11) is 0. The summed E-state index contributed by atoms with van der Waals surface area (Å²) < 4.78 is 0. The summed E-state index contributed by atoms with van der Waals surface area (Å²) in [6.45, 7) is 9.67. The third kappa shape index (κ3) is 4.84. The van der Waals surface area contributed by atoms with Gasteiger partial charge in [-0.2, -0.15) is 0 Å². The Morgan fingerprint density at radius 1 is 1.38 bits per heavy atom. The minimum absolute atomic E-state index is 0.191. The first-order chi connectivity index (χ1) is 7.43. The minimum atomic E-state index is -0.191. The number of aliphatic hydroxyl groups is 1. The SMILES string of the molecule is CCC1CCC(NCC(C)(C)CC(C)O)C1. The maximum absolute atomic E-state index is 9.43. The molecular weight excluding hydrogens is 198 g/mol. The molecule has 2 N–H and O–H groups in total. The molecular formula is C14H29NO. The van der Waals surface area contributed by atoms with E-state index in [4.69, 9.17) is 0 Å². The van der Waals surface area contributed by atoms with Crippen molar-refractivity contribution in [1.29, 1.82) is 0 Å². The van der Waals surface area contributed by atoms with Gasteiger partial charge in [-0.25, -0.2) is 0 Å². The second kappa shape index (κ2) is 6.02. The highest BCUT2D eigenvalue weighted by Crippen LogP contribution is 2.29. The van der Waals surface area contributed by atoms with Gasteiger partial charge in [0.1, 0.15) is 0 Å². The van der Waals surface area contributed by atoms with Crippen LogP contribution in [0.3, 0.4) is 0 Å². The Kier molecular flexibility index (Phi) is 5.26. The van der Waals surface area contributed by atoms with Crippen LogP contribution in [0.25, 0.3) is 0 Å². The van der Waals surface area contributed by atoms with Crippen molar-refractivity contribution < 1.29 is 5.11 Å². The smallest absolute Gasteiger partial charge is 0.0517 e. The van der Waals surface area contributed by atoms with Crippen LogP contribution in [0.5, 0.6) is 0 Å². The van der Waals surface area contributed by atoms with Crippen LogP contribution < -0.4 is 5.32 Å². The van der Waals surface area contributed by atoms with Gasteiger partial charge in [0, 0.05) is 12.6 Å². The van der Waals surface area contributed by atoms with Gasteiger partial charge in [-0.15, -0.1) is 0 Å². The number of hydrogen-bond acceptors (Lipinski definition) is 2. The predicted molar refractivity (Wildman–Crippen MR) is 69.5 cm³/mol. The van der Waals surface area contributed by atoms with Gasteiger partial charge in [-0.1, -0.05) is 27.2 Å². The van der Waals surface area contributed by atoms with E-state index in [0.717, 1.165) is 24.9 Å². The van der Waals surface area contributed by atoms with Gasteiger partial charge in [-0.3, -0.25) is 0 Å². The van der Waals surface area contributed by atoms with Gasteiger partial charge in [-0.05, 0) is 43.9 Å². The summed E-state index contributed by atoms with van der Waals surface area (Å²) in [5.41, 5.74) is 0.207. The van der Waals surface area contributed by atoms with E-state index in [-0.39, 0.29) is 11.5 Å². The van der Waals surface area contributed by atoms with E-state index in [1.165, 1.54) is 25.7 Å². The average molecular weight is 227 g/mol. The fourth-order valence-electron chi connectivity index (χ4n) is 2.92. The molecule has 1 fully saturated rings. The molecule has 1 rings (SSSR count). The van der Waals surface area contributed by atoms with Crippen LogP contribution in [0.2, 0.25) is 0 Å². The summed E-state index contributed by atoms with van der Waals surface area (Å²) >= 11 is 0. The summed E-state index contributed by atoms with van der Waals surface area (Å²) in [6, 6.07) is 0.721. The van der Waals surface area contributed by atoms with Crippen molar-refractivity contribution in [2.45, 2.75) is 71.9 Å². The number of aliphatic hydroxyl groups excluding tert-OH is 1. The molecule has 1 saturated carbocycles. The third-order valence-corrected chi connectivity index (χ3v) is 3.84. The van der Waals surface area contributed by atoms with Gasteiger partial charge < -0.3 is 10.4 Å².